The summed E-state index contributed by atoms with van der Waals surface area (Å²) in [5.74, 6) is 3.62. The Morgan fingerprint density at radius 2 is 1.97 bits per heavy atom. The van der Waals surface area contributed by atoms with Crippen LogP contribution in [0.5, 0.6) is 0 Å². The van der Waals surface area contributed by atoms with E-state index in [2.05, 4.69) is 28.7 Å². The van der Waals surface area contributed by atoms with E-state index in [1.54, 1.807) is 24.3 Å². The van der Waals surface area contributed by atoms with Crippen LogP contribution in [-0.2, 0) is 6.42 Å². The van der Waals surface area contributed by atoms with E-state index in [0.29, 0.717) is 32.6 Å². The van der Waals surface area contributed by atoms with Gasteiger partial charge >= 0.3 is 0 Å². The van der Waals surface area contributed by atoms with Gasteiger partial charge in [0.1, 0.15) is 5.82 Å². The van der Waals surface area contributed by atoms with Gasteiger partial charge in [0.05, 0.1) is 24.8 Å². The predicted octanol–water partition coefficient (Wildman–Crippen LogP) is 6.60. The first kappa shape index (κ1) is 27.8. The number of halogens is 5. The molecule has 34 heavy (non-hydrogen) atoms. The molecule has 1 aliphatic rings. The molecule has 2 aromatic rings. The lowest BCUT2D eigenvalue weighted by Gasteiger charge is -2.24. The van der Waals surface area contributed by atoms with Crippen LogP contribution in [-0.4, -0.2) is 37.1 Å². The van der Waals surface area contributed by atoms with Crippen LogP contribution in [0.2, 0.25) is 5.02 Å². The second kappa shape index (κ2) is 11.3. The molecule has 0 spiro atoms. The Kier molecular flexibility index (Phi) is 9.22. The third kappa shape index (κ3) is 7.25. The number of nitrogens with two attached hydrogens (primary N) is 1. The van der Waals surface area contributed by atoms with Crippen molar-refractivity contribution in [2.75, 3.05) is 23.5 Å². The van der Waals surface area contributed by atoms with E-state index in [-0.39, 0.29) is 19.6 Å². The van der Waals surface area contributed by atoms with Crippen LogP contribution in [0.3, 0.4) is 0 Å². The van der Waals surface area contributed by atoms with Crippen LogP contribution < -0.4 is 15.5 Å². The Labute approximate surface area is 203 Å². The largest absolute Gasteiger partial charge is 0.359 e. The van der Waals surface area contributed by atoms with Gasteiger partial charge in [-0.15, -0.1) is 9.39 Å². The molecule has 0 bridgehead atoms. The zero-order valence-electron chi connectivity index (χ0n) is 19.1. The number of rotatable bonds is 7. The summed E-state index contributed by atoms with van der Waals surface area (Å²) in [5.41, 5.74) is 2.05. The molecule has 0 aliphatic carbocycles. The molecule has 0 amide bonds. The Morgan fingerprint density at radius 1 is 1.32 bits per heavy atom. The van der Waals surface area contributed by atoms with Gasteiger partial charge in [0.25, 0.3) is 5.92 Å². The van der Waals surface area contributed by atoms with Crippen molar-refractivity contribution in [1.29, 1.82) is 0 Å². The first-order valence-corrected chi connectivity index (χ1v) is 12.7. The van der Waals surface area contributed by atoms with Crippen LogP contribution in [0.4, 0.5) is 28.9 Å². The molecule has 2 aromatic carbocycles. The maximum Gasteiger partial charge on any atom is 0.254 e. The van der Waals surface area contributed by atoms with Gasteiger partial charge in [-0.3, -0.25) is 14.5 Å². The van der Waals surface area contributed by atoms with Gasteiger partial charge in [-0.05, 0) is 37.3 Å². The average Bonchev–Trinajstić information content (AvgIpc) is 3.21. The fourth-order valence-corrected chi connectivity index (χ4v) is 4.37. The highest BCUT2D eigenvalue weighted by molar-refractivity contribution is 8.26. The van der Waals surface area contributed by atoms with Crippen molar-refractivity contribution in [2.45, 2.75) is 31.1 Å². The lowest BCUT2D eigenvalue weighted by Crippen LogP contribution is -2.30. The summed E-state index contributed by atoms with van der Waals surface area (Å²) in [7, 11) is -2.21. The number of allylic oxidation sites excluding steroid dienone is 1. The highest BCUT2D eigenvalue weighted by Gasteiger charge is 2.38. The molecule has 4 nitrogen and oxygen atoms in total. The first-order valence-electron chi connectivity index (χ1n) is 10.3. The van der Waals surface area contributed by atoms with E-state index in [9.17, 15) is 17.6 Å². The van der Waals surface area contributed by atoms with Crippen LogP contribution in [0, 0.1) is 11.7 Å². The summed E-state index contributed by atoms with van der Waals surface area (Å²) in [5, 5.41) is 15.3. The van der Waals surface area contributed by atoms with Gasteiger partial charge in [-0.2, -0.15) is 5.10 Å². The SMILES string of the molecule is C=C(Cc1c(F)cccc1Cl)Nc1ccc(N2CC(C(C)(F)F)C=N2)c(S(=C)(=C)N)c1.CCF. The number of nitrogens with one attached hydrogen (secondary N) is 1. The number of alkyl halides is 3. The number of hydrogen-bond donors (Lipinski definition) is 2. The molecule has 186 valence electrons. The minimum Gasteiger partial charge on any atom is -0.359 e. The molecular weight excluding hydrogens is 488 g/mol. The summed E-state index contributed by atoms with van der Waals surface area (Å²) in [4.78, 5) is 0.589. The fourth-order valence-electron chi connectivity index (χ4n) is 3.19. The second-order valence-electron chi connectivity index (χ2n) is 7.91. The molecule has 10 heteroatoms. The molecule has 3 rings (SSSR count). The minimum atomic E-state index is -2.88. The summed E-state index contributed by atoms with van der Waals surface area (Å²) in [6, 6.07) is 9.69. The van der Waals surface area contributed by atoms with Crippen molar-refractivity contribution in [3.8, 4) is 0 Å². The van der Waals surface area contributed by atoms with Crippen LogP contribution in [0.25, 0.3) is 0 Å². The third-order valence-electron chi connectivity index (χ3n) is 4.86. The zero-order valence-corrected chi connectivity index (χ0v) is 20.7. The number of anilines is 2. The highest BCUT2D eigenvalue weighted by atomic mass is 35.5. The number of hydrazone groups is 1. The maximum absolute atomic E-state index is 14.1. The molecule has 0 saturated carbocycles. The Morgan fingerprint density at radius 3 is 2.50 bits per heavy atom. The van der Waals surface area contributed by atoms with Crippen molar-refractivity contribution in [1.82, 2.24) is 0 Å². The normalized spacial score (nSPS) is 15.6. The van der Waals surface area contributed by atoms with Gasteiger partial charge in [-0.1, -0.05) is 36.0 Å². The van der Waals surface area contributed by atoms with Crippen molar-refractivity contribution in [3.63, 3.8) is 0 Å². The molecule has 1 unspecified atom stereocenters. The average molecular weight is 517 g/mol. The molecule has 1 heterocycles. The predicted molar refractivity (Wildman–Crippen MR) is 140 cm³/mol. The molecule has 1 aliphatic heterocycles. The molecular formula is C24H29ClF4N4S. The topological polar surface area (TPSA) is 53.6 Å². The smallest absolute Gasteiger partial charge is 0.254 e. The standard InChI is InChI=1S/C22H24ClF3N4S.C2H5F/c1-14(10-17-18(23)6-5-7-19(17)24)29-16-8-9-20(21(11-16)31(3,4)27)30-13-15(12-28-30)22(2,25)26;1-2-3/h5-9,11-12,15,29H,1,3-4,10,13,27H2,2H3;2H2,1H3. The lowest BCUT2D eigenvalue weighted by atomic mass is 10.1. The van der Waals surface area contributed by atoms with Gasteiger partial charge in [0, 0.05) is 46.4 Å². The van der Waals surface area contributed by atoms with E-state index >= 15 is 0 Å². The van der Waals surface area contributed by atoms with Gasteiger partial charge in [-0.25, -0.2) is 13.2 Å². The fraction of sp³-hybridized carbons (Fsp3) is 0.292. The van der Waals surface area contributed by atoms with Crippen molar-refractivity contribution < 1.29 is 17.6 Å². The lowest BCUT2D eigenvalue weighted by molar-refractivity contribution is -0.00679. The van der Waals surface area contributed by atoms with Crippen molar-refractivity contribution in [2.24, 2.45) is 16.2 Å². The van der Waals surface area contributed by atoms with E-state index in [4.69, 9.17) is 16.7 Å². The molecule has 0 radical (unpaired) electrons. The van der Waals surface area contributed by atoms with E-state index in [1.807, 2.05) is 0 Å². The number of nitrogens with zero attached hydrogens (tertiary/aromatic N) is 2. The Balaban J connectivity index is 0.00000129. The van der Waals surface area contributed by atoms with Gasteiger partial charge in [0.2, 0.25) is 0 Å². The quantitative estimate of drug-likeness (QED) is 0.322. The third-order valence-corrected chi connectivity index (χ3v) is 6.41. The number of benzene rings is 2. The van der Waals surface area contributed by atoms with Crippen LogP contribution >= 0.6 is 21.0 Å². The molecule has 0 saturated heterocycles. The first-order chi connectivity index (χ1) is 15.8. The summed E-state index contributed by atoms with van der Waals surface area (Å²) in [6.07, 6.45) is 1.43. The Bertz CT molecular complexity index is 1140. The highest BCUT2D eigenvalue weighted by Crippen LogP contribution is 2.39. The van der Waals surface area contributed by atoms with E-state index in [0.717, 1.165) is 6.92 Å². The Hall–Kier alpha value is -2.49. The zero-order chi connectivity index (χ0) is 25.7. The molecule has 3 N–H and O–H groups in total. The summed E-state index contributed by atoms with van der Waals surface area (Å²) in [6.45, 7) is 6.05. The summed E-state index contributed by atoms with van der Waals surface area (Å²) >= 11 is 6.09. The van der Waals surface area contributed by atoms with E-state index in [1.165, 1.54) is 30.3 Å². The molecule has 0 fully saturated rings. The summed E-state index contributed by atoms with van der Waals surface area (Å²) < 4.78 is 51.7. The van der Waals surface area contributed by atoms with E-state index < -0.39 is 27.0 Å². The second-order valence-corrected chi connectivity index (χ2v) is 10.6. The maximum atomic E-state index is 14.1. The molecule has 0 aromatic heterocycles. The minimum absolute atomic E-state index is 0.0251. The van der Waals surface area contributed by atoms with Crippen LogP contribution in [0.1, 0.15) is 19.4 Å². The van der Waals surface area contributed by atoms with Crippen molar-refractivity contribution in [3.05, 3.63) is 65.1 Å². The monoisotopic (exact) mass is 516 g/mol. The van der Waals surface area contributed by atoms with Gasteiger partial charge < -0.3 is 5.32 Å². The van der Waals surface area contributed by atoms with Crippen molar-refractivity contribution >= 4 is 50.3 Å². The number of hydrogen-bond acceptors (Lipinski definition) is 4. The molecule has 1 atom stereocenters. The van der Waals surface area contributed by atoms with Gasteiger partial charge in [0.15, 0.2) is 0 Å². The van der Waals surface area contributed by atoms with Crippen LogP contribution in [0.15, 0.2) is 58.7 Å².